The van der Waals surface area contributed by atoms with Gasteiger partial charge in [0.05, 0.1) is 11.1 Å². The van der Waals surface area contributed by atoms with Crippen molar-refractivity contribution in [3.05, 3.63) is 53.1 Å². The van der Waals surface area contributed by atoms with E-state index in [1.807, 2.05) is 43.1 Å². The van der Waals surface area contributed by atoms with Crippen LogP contribution in [0.1, 0.15) is 12.5 Å². The summed E-state index contributed by atoms with van der Waals surface area (Å²) in [5.41, 5.74) is 1.42. The largest absolute Gasteiger partial charge is 0.492 e. The summed E-state index contributed by atoms with van der Waals surface area (Å²) < 4.78 is 31.7. The van der Waals surface area contributed by atoms with Gasteiger partial charge in [-0.1, -0.05) is 29.8 Å². The quantitative estimate of drug-likeness (QED) is 0.630. The number of benzene rings is 2. The number of para-hydroxylation sites is 1. The molecule has 1 unspecified atom stereocenters. The van der Waals surface area contributed by atoms with E-state index in [1.165, 1.54) is 26.2 Å². The van der Waals surface area contributed by atoms with E-state index >= 15 is 0 Å². The second kappa shape index (κ2) is 10.3. The Morgan fingerprint density at radius 3 is 2.47 bits per heavy atom. The fourth-order valence-electron chi connectivity index (χ4n) is 2.63. The van der Waals surface area contributed by atoms with Crippen LogP contribution in [-0.2, 0) is 14.8 Å². The third-order valence-corrected chi connectivity index (χ3v) is 7.09. The molecule has 0 aliphatic heterocycles. The molecule has 9 heteroatoms. The molecule has 0 aliphatic rings. The molecule has 0 aromatic heterocycles. The van der Waals surface area contributed by atoms with E-state index < -0.39 is 16.1 Å². The first-order chi connectivity index (χ1) is 14.0. The Hall–Kier alpha value is -2.13. The highest BCUT2D eigenvalue weighted by molar-refractivity contribution is 7.89. The molecule has 164 valence electrons. The summed E-state index contributed by atoms with van der Waals surface area (Å²) in [6, 6.07) is 11.7. The third-order valence-electron chi connectivity index (χ3n) is 4.79. The minimum absolute atomic E-state index is 0.0559. The van der Waals surface area contributed by atoms with E-state index in [-0.39, 0.29) is 15.8 Å². The fraction of sp³-hybridized carbons (Fsp3) is 0.381. The predicted molar refractivity (Wildman–Crippen MR) is 120 cm³/mol. The second-order valence-electron chi connectivity index (χ2n) is 7.19. The number of hydrogen-bond donors (Lipinski definition) is 1. The number of carbonyl (C=O) groups is 1. The van der Waals surface area contributed by atoms with Gasteiger partial charge in [-0.3, -0.25) is 9.69 Å². The van der Waals surface area contributed by atoms with E-state index in [0.29, 0.717) is 18.8 Å². The highest BCUT2D eigenvalue weighted by Gasteiger charge is 2.23. The summed E-state index contributed by atoms with van der Waals surface area (Å²) in [6.45, 7) is 4.73. The average molecular weight is 454 g/mol. The van der Waals surface area contributed by atoms with Gasteiger partial charge in [0.2, 0.25) is 15.9 Å². The minimum atomic E-state index is -3.72. The van der Waals surface area contributed by atoms with E-state index in [0.717, 1.165) is 15.6 Å². The smallest absolute Gasteiger partial charge is 0.244 e. The lowest BCUT2D eigenvalue weighted by Crippen LogP contribution is -2.41. The second-order valence-corrected chi connectivity index (χ2v) is 9.72. The number of hydrogen-bond acceptors (Lipinski definition) is 5. The van der Waals surface area contributed by atoms with Gasteiger partial charge in [0.1, 0.15) is 17.3 Å². The van der Waals surface area contributed by atoms with Gasteiger partial charge < -0.3 is 10.1 Å². The minimum Gasteiger partial charge on any atom is -0.492 e. The Bertz CT molecular complexity index is 995. The van der Waals surface area contributed by atoms with Crippen LogP contribution in [0.5, 0.6) is 5.75 Å². The van der Waals surface area contributed by atoms with Crippen molar-refractivity contribution >= 4 is 33.2 Å². The van der Waals surface area contributed by atoms with Crippen molar-refractivity contribution in [2.24, 2.45) is 0 Å². The van der Waals surface area contributed by atoms with E-state index in [9.17, 15) is 13.2 Å². The standard InChI is InChI=1S/C21H28ClN3O4S/c1-15-8-6-7-9-19(15)29-13-12-25(5)16(2)21(26)23-17-10-11-18(22)20(14-17)30(27,28)24(3)4/h6-11,14,16H,12-13H2,1-5H3,(H,23,26). The zero-order chi connectivity index (χ0) is 22.5. The zero-order valence-electron chi connectivity index (χ0n) is 17.8. The Morgan fingerprint density at radius 1 is 1.17 bits per heavy atom. The maximum absolute atomic E-state index is 12.6. The number of sulfonamides is 1. The van der Waals surface area contributed by atoms with Gasteiger partial charge in [0.15, 0.2) is 0 Å². The highest BCUT2D eigenvalue weighted by Crippen LogP contribution is 2.27. The normalized spacial score (nSPS) is 12.8. The van der Waals surface area contributed by atoms with Crippen LogP contribution in [0.4, 0.5) is 5.69 Å². The van der Waals surface area contributed by atoms with Crippen LogP contribution in [0, 0.1) is 6.92 Å². The van der Waals surface area contributed by atoms with Crippen molar-refractivity contribution in [1.82, 2.24) is 9.21 Å². The van der Waals surface area contributed by atoms with Gasteiger partial charge in [0.25, 0.3) is 0 Å². The molecule has 2 aromatic rings. The Labute approximate surface area is 183 Å². The molecule has 0 fully saturated rings. The molecule has 0 aliphatic carbocycles. The van der Waals surface area contributed by atoms with E-state index in [1.54, 1.807) is 13.0 Å². The molecule has 0 radical (unpaired) electrons. The monoisotopic (exact) mass is 453 g/mol. The molecule has 0 spiro atoms. The van der Waals surface area contributed by atoms with Gasteiger partial charge >= 0.3 is 0 Å². The molecule has 0 heterocycles. The van der Waals surface area contributed by atoms with Gasteiger partial charge in [-0.05, 0) is 50.7 Å². The van der Waals surface area contributed by atoms with Crippen LogP contribution in [0.2, 0.25) is 5.02 Å². The Morgan fingerprint density at radius 2 is 1.83 bits per heavy atom. The molecule has 7 nitrogen and oxygen atoms in total. The van der Waals surface area contributed by atoms with E-state index in [4.69, 9.17) is 16.3 Å². The molecule has 30 heavy (non-hydrogen) atoms. The molecule has 1 atom stereocenters. The summed E-state index contributed by atoms with van der Waals surface area (Å²) >= 11 is 6.05. The maximum atomic E-state index is 12.6. The molecule has 2 aromatic carbocycles. The number of ether oxygens (including phenoxy) is 1. The summed E-state index contributed by atoms with van der Waals surface area (Å²) in [4.78, 5) is 14.4. The maximum Gasteiger partial charge on any atom is 0.244 e. The molecule has 0 bridgehead atoms. The number of nitrogens with one attached hydrogen (secondary N) is 1. The Kier molecular flexibility index (Phi) is 8.25. The number of rotatable bonds is 9. The number of nitrogens with zero attached hydrogens (tertiary/aromatic N) is 2. The van der Waals surface area contributed by atoms with Crippen LogP contribution in [0.15, 0.2) is 47.4 Å². The van der Waals surface area contributed by atoms with Crippen molar-refractivity contribution in [2.45, 2.75) is 24.8 Å². The number of amides is 1. The van der Waals surface area contributed by atoms with Crippen LogP contribution < -0.4 is 10.1 Å². The first kappa shape index (κ1) is 24.1. The molecular weight excluding hydrogens is 426 g/mol. The van der Waals surface area contributed by atoms with Crippen LogP contribution >= 0.6 is 11.6 Å². The van der Waals surface area contributed by atoms with Crippen molar-refractivity contribution < 1.29 is 17.9 Å². The topological polar surface area (TPSA) is 79.0 Å². The number of aryl methyl sites for hydroxylation is 1. The first-order valence-electron chi connectivity index (χ1n) is 9.45. The number of halogens is 1. The first-order valence-corrected chi connectivity index (χ1v) is 11.3. The number of carbonyl (C=O) groups excluding carboxylic acids is 1. The molecule has 0 saturated carbocycles. The fourth-order valence-corrected chi connectivity index (χ4v) is 4.03. The molecular formula is C21H28ClN3O4S. The summed E-state index contributed by atoms with van der Waals surface area (Å²) in [6.07, 6.45) is 0. The average Bonchev–Trinajstić information content (AvgIpc) is 2.69. The van der Waals surface area contributed by atoms with E-state index in [2.05, 4.69) is 5.32 Å². The summed E-state index contributed by atoms with van der Waals surface area (Å²) in [5.74, 6) is 0.558. The SMILES string of the molecule is Cc1ccccc1OCCN(C)C(C)C(=O)Nc1ccc(Cl)c(S(=O)(=O)N(C)C)c1. The van der Waals surface area contributed by atoms with Gasteiger partial charge in [-0.2, -0.15) is 0 Å². The lowest BCUT2D eigenvalue weighted by Gasteiger charge is -2.24. The van der Waals surface area contributed by atoms with Gasteiger partial charge in [0, 0.05) is 26.3 Å². The lowest BCUT2D eigenvalue weighted by atomic mass is 10.2. The predicted octanol–water partition coefficient (Wildman–Crippen LogP) is 3.24. The third kappa shape index (κ3) is 5.95. The van der Waals surface area contributed by atoms with Crippen molar-refractivity contribution in [3.8, 4) is 5.75 Å². The van der Waals surface area contributed by atoms with Crippen LogP contribution in [0.3, 0.4) is 0 Å². The van der Waals surface area contributed by atoms with Gasteiger partial charge in [-0.15, -0.1) is 0 Å². The molecule has 1 amide bonds. The molecule has 1 N–H and O–H groups in total. The molecule has 0 saturated heterocycles. The van der Waals surface area contributed by atoms with Gasteiger partial charge in [-0.25, -0.2) is 12.7 Å². The lowest BCUT2D eigenvalue weighted by molar-refractivity contribution is -0.120. The zero-order valence-corrected chi connectivity index (χ0v) is 19.4. The van der Waals surface area contributed by atoms with Crippen LogP contribution in [0.25, 0.3) is 0 Å². The molecule has 2 rings (SSSR count). The number of anilines is 1. The Balaban J connectivity index is 1.99. The van der Waals surface area contributed by atoms with Crippen molar-refractivity contribution in [1.29, 1.82) is 0 Å². The number of likely N-dealkylation sites (N-methyl/N-ethyl adjacent to an activating group) is 1. The summed E-state index contributed by atoms with van der Waals surface area (Å²) in [5, 5.41) is 2.85. The van der Waals surface area contributed by atoms with Crippen LogP contribution in [-0.4, -0.2) is 63.9 Å². The highest BCUT2D eigenvalue weighted by atomic mass is 35.5. The van der Waals surface area contributed by atoms with Crippen molar-refractivity contribution in [2.75, 3.05) is 39.6 Å². The summed E-state index contributed by atoms with van der Waals surface area (Å²) in [7, 11) is 0.955. The van der Waals surface area contributed by atoms with Crippen molar-refractivity contribution in [3.63, 3.8) is 0 Å².